The fraction of sp³-hybridized carbons (Fsp3) is 0.300. The van der Waals surface area contributed by atoms with E-state index in [0.717, 1.165) is 0 Å². The second-order valence-corrected chi connectivity index (χ2v) is 3.78. The molecule has 0 saturated heterocycles. The Morgan fingerprint density at radius 1 is 1.57 bits per heavy atom. The first-order chi connectivity index (χ1) is 6.52. The lowest BCUT2D eigenvalue weighted by atomic mass is 10.1. The molecule has 4 heteroatoms. The minimum absolute atomic E-state index is 0.116. The molecule has 0 N–H and O–H groups in total. The highest BCUT2D eigenvalue weighted by atomic mass is 79.9. The minimum atomic E-state index is -0.368. The Kier molecular flexibility index (Phi) is 3.63. The second kappa shape index (κ2) is 4.55. The van der Waals surface area contributed by atoms with E-state index in [1.807, 2.05) is 0 Å². The standard InChI is InChI=1S/C10H10BrFO2/c1-6-8(5-14-7(2)13)3-4-9(11)10(6)12/h3-4H,5H2,1-2H3. The molecule has 14 heavy (non-hydrogen) atoms. The maximum absolute atomic E-state index is 13.3. The van der Waals surface area contributed by atoms with Gasteiger partial charge in [0.25, 0.3) is 0 Å². The average Bonchev–Trinajstić information content (AvgIpc) is 2.13. The Bertz CT molecular complexity index is 363. The maximum atomic E-state index is 13.3. The van der Waals surface area contributed by atoms with E-state index in [1.54, 1.807) is 19.1 Å². The largest absolute Gasteiger partial charge is 0.461 e. The molecule has 0 saturated carbocycles. The highest BCUT2D eigenvalue weighted by Crippen LogP contribution is 2.22. The summed E-state index contributed by atoms with van der Waals surface area (Å²) < 4.78 is 18.5. The number of rotatable bonds is 2. The van der Waals surface area contributed by atoms with E-state index in [0.29, 0.717) is 15.6 Å². The first-order valence-electron chi connectivity index (χ1n) is 4.09. The Balaban J connectivity index is 2.88. The molecule has 0 aliphatic rings. The lowest BCUT2D eigenvalue weighted by Crippen LogP contribution is -2.01. The molecule has 1 rings (SSSR count). The summed E-state index contributed by atoms with van der Waals surface area (Å²) >= 11 is 3.08. The Labute approximate surface area is 90.2 Å². The van der Waals surface area contributed by atoms with Crippen LogP contribution < -0.4 is 0 Å². The third-order valence-corrected chi connectivity index (χ3v) is 2.49. The lowest BCUT2D eigenvalue weighted by molar-refractivity contribution is -0.142. The van der Waals surface area contributed by atoms with Crippen LogP contribution in [0.5, 0.6) is 0 Å². The van der Waals surface area contributed by atoms with Crippen LogP contribution >= 0.6 is 15.9 Å². The van der Waals surface area contributed by atoms with Gasteiger partial charge in [0.15, 0.2) is 0 Å². The fourth-order valence-electron chi connectivity index (χ4n) is 1.03. The van der Waals surface area contributed by atoms with Crippen molar-refractivity contribution in [3.63, 3.8) is 0 Å². The van der Waals surface area contributed by atoms with Crippen LogP contribution in [-0.2, 0) is 16.1 Å². The predicted octanol–water partition coefficient (Wildman–Crippen LogP) is 2.96. The Morgan fingerprint density at radius 2 is 2.21 bits per heavy atom. The van der Waals surface area contributed by atoms with Gasteiger partial charge in [-0.05, 0) is 40.0 Å². The van der Waals surface area contributed by atoms with Gasteiger partial charge in [-0.3, -0.25) is 4.79 Å². The van der Waals surface area contributed by atoms with Crippen LogP contribution in [0.2, 0.25) is 0 Å². The van der Waals surface area contributed by atoms with Gasteiger partial charge < -0.3 is 4.74 Å². The number of benzene rings is 1. The normalized spacial score (nSPS) is 10.0. The summed E-state index contributed by atoms with van der Waals surface area (Å²) in [5.41, 5.74) is 1.18. The van der Waals surface area contributed by atoms with Crippen LogP contribution in [0.25, 0.3) is 0 Å². The van der Waals surface area contributed by atoms with Crippen molar-refractivity contribution in [3.05, 3.63) is 33.5 Å². The third kappa shape index (κ3) is 2.54. The van der Waals surface area contributed by atoms with Gasteiger partial charge >= 0.3 is 5.97 Å². The van der Waals surface area contributed by atoms with E-state index in [-0.39, 0.29) is 18.4 Å². The molecule has 0 spiro atoms. The molecular weight excluding hydrogens is 251 g/mol. The Morgan fingerprint density at radius 3 is 2.79 bits per heavy atom. The van der Waals surface area contributed by atoms with Crippen molar-refractivity contribution >= 4 is 21.9 Å². The van der Waals surface area contributed by atoms with Crippen molar-refractivity contribution in [2.24, 2.45) is 0 Å². The average molecular weight is 261 g/mol. The molecule has 0 bridgehead atoms. The molecule has 0 atom stereocenters. The van der Waals surface area contributed by atoms with Crippen LogP contribution in [0.3, 0.4) is 0 Å². The lowest BCUT2D eigenvalue weighted by Gasteiger charge is -2.07. The molecule has 0 fully saturated rings. The summed E-state index contributed by atoms with van der Waals surface area (Å²) in [6, 6.07) is 3.33. The quantitative estimate of drug-likeness (QED) is 0.765. The van der Waals surface area contributed by atoms with E-state index in [1.165, 1.54) is 6.92 Å². The van der Waals surface area contributed by atoms with Crippen LogP contribution in [-0.4, -0.2) is 5.97 Å². The number of hydrogen-bond donors (Lipinski definition) is 0. The van der Waals surface area contributed by atoms with Crippen molar-refractivity contribution < 1.29 is 13.9 Å². The van der Waals surface area contributed by atoms with Gasteiger partial charge in [0.05, 0.1) is 4.47 Å². The molecule has 0 unspecified atom stereocenters. The number of carbonyl (C=O) groups excluding carboxylic acids is 1. The van der Waals surface area contributed by atoms with Crippen molar-refractivity contribution in [2.45, 2.75) is 20.5 Å². The van der Waals surface area contributed by atoms with Crippen molar-refractivity contribution in [1.29, 1.82) is 0 Å². The van der Waals surface area contributed by atoms with Crippen LogP contribution in [0.15, 0.2) is 16.6 Å². The van der Waals surface area contributed by atoms with Gasteiger partial charge in [-0.15, -0.1) is 0 Å². The number of halogens is 2. The molecule has 0 aromatic heterocycles. The molecule has 0 aliphatic heterocycles. The number of carbonyl (C=O) groups is 1. The molecule has 0 amide bonds. The van der Waals surface area contributed by atoms with Crippen LogP contribution in [0.1, 0.15) is 18.1 Å². The topological polar surface area (TPSA) is 26.3 Å². The predicted molar refractivity (Wildman–Crippen MR) is 54.3 cm³/mol. The molecule has 1 aromatic carbocycles. The van der Waals surface area contributed by atoms with Gasteiger partial charge in [-0.2, -0.15) is 0 Å². The molecular formula is C10H10BrFO2. The summed E-state index contributed by atoms with van der Waals surface area (Å²) in [5, 5.41) is 0. The van der Waals surface area contributed by atoms with Gasteiger partial charge in [-0.1, -0.05) is 6.07 Å². The zero-order chi connectivity index (χ0) is 10.7. The van der Waals surface area contributed by atoms with Gasteiger partial charge in [0.1, 0.15) is 12.4 Å². The van der Waals surface area contributed by atoms with Gasteiger partial charge in [-0.25, -0.2) is 4.39 Å². The van der Waals surface area contributed by atoms with E-state index in [4.69, 9.17) is 4.74 Å². The summed E-state index contributed by atoms with van der Waals surface area (Å²) in [6.07, 6.45) is 0. The van der Waals surface area contributed by atoms with Crippen LogP contribution in [0.4, 0.5) is 4.39 Å². The Hall–Kier alpha value is -0.900. The zero-order valence-corrected chi connectivity index (χ0v) is 9.52. The van der Waals surface area contributed by atoms with E-state index in [2.05, 4.69) is 15.9 Å². The molecule has 0 aliphatic carbocycles. The van der Waals surface area contributed by atoms with E-state index >= 15 is 0 Å². The number of hydrogen-bond acceptors (Lipinski definition) is 2. The van der Waals surface area contributed by atoms with Gasteiger partial charge in [0.2, 0.25) is 0 Å². The monoisotopic (exact) mass is 260 g/mol. The fourth-order valence-corrected chi connectivity index (χ4v) is 1.46. The second-order valence-electron chi connectivity index (χ2n) is 2.93. The maximum Gasteiger partial charge on any atom is 0.302 e. The SMILES string of the molecule is CC(=O)OCc1ccc(Br)c(F)c1C. The summed E-state index contributed by atoms with van der Waals surface area (Å²) in [7, 11) is 0. The molecule has 2 nitrogen and oxygen atoms in total. The van der Waals surface area contributed by atoms with Crippen molar-refractivity contribution in [2.75, 3.05) is 0 Å². The van der Waals surface area contributed by atoms with Gasteiger partial charge in [0, 0.05) is 6.92 Å². The van der Waals surface area contributed by atoms with E-state index in [9.17, 15) is 9.18 Å². The number of ether oxygens (including phenoxy) is 1. The molecule has 76 valence electrons. The molecule has 0 radical (unpaired) electrons. The highest BCUT2D eigenvalue weighted by molar-refractivity contribution is 9.10. The summed E-state index contributed by atoms with van der Waals surface area (Å²) in [4.78, 5) is 10.6. The number of esters is 1. The first kappa shape index (κ1) is 11.2. The van der Waals surface area contributed by atoms with Crippen molar-refractivity contribution in [3.8, 4) is 0 Å². The minimum Gasteiger partial charge on any atom is -0.461 e. The molecule has 0 heterocycles. The van der Waals surface area contributed by atoms with Crippen molar-refractivity contribution in [1.82, 2.24) is 0 Å². The zero-order valence-electron chi connectivity index (χ0n) is 7.93. The third-order valence-electron chi connectivity index (χ3n) is 1.88. The molecule has 1 aromatic rings. The first-order valence-corrected chi connectivity index (χ1v) is 4.88. The summed E-state index contributed by atoms with van der Waals surface area (Å²) in [6.45, 7) is 3.09. The highest BCUT2D eigenvalue weighted by Gasteiger charge is 2.08. The van der Waals surface area contributed by atoms with Crippen LogP contribution in [0, 0.1) is 12.7 Å². The smallest absolute Gasteiger partial charge is 0.302 e. The van der Waals surface area contributed by atoms with E-state index < -0.39 is 0 Å². The summed E-state index contributed by atoms with van der Waals surface area (Å²) in [5.74, 6) is -0.678.